The quantitative estimate of drug-likeness (QED) is 0.683. The normalized spacial score (nSPS) is 10.3. The van der Waals surface area contributed by atoms with Gasteiger partial charge in [0.2, 0.25) is 5.91 Å². The second-order valence-electron chi connectivity index (χ2n) is 3.59. The molecule has 1 aromatic rings. The van der Waals surface area contributed by atoms with Crippen LogP contribution in [0.25, 0.3) is 0 Å². The van der Waals surface area contributed by atoms with Gasteiger partial charge in [0.25, 0.3) is 5.56 Å². The molecular weight excluding hydrogens is 226 g/mol. The minimum absolute atomic E-state index is 0.139. The van der Waals surface area contributed by atoms with E-state index in [-0.39, 0.29) is 18.7 Å². The third kappa shape index (κ3) is 3.28. The van der Waals surface area contributed by atoms with Crippen LogP contribution in [-0.2, 0) is 16.1 Å². The van der Waals surface area contributed by atoms with Crippen molar-refractivity contribution in [1.29, 1.82) is 0 Å². The predicted molar refractivity (Wildman–Crippen MR) is 60.5 cm³/mol. The van der Waals surface area contributed by atoms with Crippen molar-refractivity contribution in [2.24, 2.45) is 0 Å². The van der Waals surface area contributed by atoms with Crippen LogP contribution in [0.2, 0.25) is 0 Å². The van der Waals surface area contributed by atoms with Gasteiger partial charge in [-0.3, -0.25) is 19.4 Å². The van der Waals surface area contributed by atoms with Gasteiger partial charge in [0, 0.05) is 24.7 Å². The highest BCUT2D eigenvalue weighted by molar-refractivity contribution is 5.75. The summed E-state index contributed by atoms with van der Waals surface area (Å²) >= 11 is 0. The van der Waals surface area contributed by atoms with Crippen molar-refractivity contribution < 1.29 is 9.63 Å². The Morgan fingerprint density at radius 2 is 2.00 bits per heavy atom. The van der Waals surface area contributed by atoms with E-state index < -0.39 is 11.2 Å². The number of hydrogen-bond acceptors (Lipinski definition) is 4. The highest BCUT2D eigenvalue weighted by Crippen LogP contribution is 2.01. The fraction of sp³-hybridized carbons (Fsp3) is 0.500. The average molecular weight is 241 g/mol. The van der Waals surface area contributed by atoms with Crippen molar-refractivity contribution in [3.05, 3.63) is 32.1 Å². The number of carbonyl (C=O) groups excluding carboxylic acids is 1. The van der Waals surface area contributed by atoms with Gasteiger partial charge < -0.3 is 4.98 Å². The first kappa shape index (κ1) is 13.2. The molecule has 0 aliphatic rings. The topological polar surface area (TPSA) is 95.3 Å². The Morgan fingerprint density at radius 1 is 1.35 bits per heavy atom. The van der Waals surface area contributed by atoms with Gasteiger partial charge in [-0.15, -0.1) is 0 Å². The molecule has 0 fully saturated rings. The number of hydroxylamine groups is 2. The number of hydrogen-bond donors (Lipinski definition) is 2. The molecule has 94 valence electrons. The molecule has 0 spiro atoms. The maximum atomic E-state index is 11.5. The fourth-order valence-corrected chi connectivity index (χ4v) is 1.42. The first-order valence-electron chi connectivity index (χ1n) is 5.08. The van der Waals surface area contributed by atoms with E-state index in [1.165, 1.54) is 14.2 Å². The SMILES string of the molecule is CON(C)C(=O)CCc1c(C)[nH]c(=O)[nH]c1=O. The summed E-state index contributed by atoms with van der Waals surface area (Å²) in [7, 11) is 2.88. The Hall–Kier alpha value is -1.89. The Morgan fingerprint density at radius 3 is 2.53 bits per heavy atom. The molecule has 0 saturated carbocycles. The van der Waals surface area contributed by atoms with Gasteiger partial charge in [-0.05, 0) is 13.3 Å². The largest absolute Gasteiger partial charge is 0.325 e. The van der Waals surface area contributed by atoms with E-state index in [0.29, 0.717) is 11.3 Å². The third-order valence-electron chi connectivity index (χ3n) is 2.47. The number of aryl methyl sites for hydroxylation is 1. The molecule has 1 rings (SSSR count). The number of nitrogens with zero attached hydrogens (tertiary/aromatic N) is 1. The van der Waals surface area contributed by atoms with Gasteiger partial charge >= 0.3 is 5.69 Å². The van der Waals surface area contributed by atoms with Gasteiger partial charge in [-0.1, -0.05) is 0 Å². The number of H-pyrrole nitrogens is 2. The zero-order valence-corrected chi connectivity index (χ0v) is 9.99. The number of amides is 1. The lowest BCUT2D eigenvalue weighted by atomic mass is 10.1. The number of aromatic amines is 2. The maximum absolute atomic E-state index is 11.5. The summed E-state index contributed by atoms with van der Waals surface area (Å²) in [4.78, 5) is 43.2. The van der Waals surface area contributed by atoms with Crippen LogP contribution in [0.4, 0.5) is 0 Å². The summed E-state index contributed by atoms with van der Waals surface area (Å²) in [5, 5.41) is 1.09. The fourth-order valence-electron chi connectivity index (χ4n) is 1.42. The van der Waals surface area contributed by atoms with E-state index in [1.54, 1.807) is 6.92 Å². The minimum Gasteiger partial charge on any atom is -0.311 e. The Bertz CT molecular complexity index is 517. The molecule has 0 bridgehead atoms. The van der Waals surface area contributed by atoms with Crippen molar-refractivity contribution in [2.45, 2.75) is 19.8 Å². The van der Waals surface area contributed by atoms with Crippen LogP contribution in [0.15, 0.2) is 9.59 Å². The van der Waals surface area contributed by atoms with Crippen molar-refractivity contribution in [2.75, 3.05) is 14.2 Å². The van der Waals surface area contributed by atoms with Crippen LogP contribution >= 0.6 is 0 Å². The van der Waals surface area contributed by atoms with Gasteiger partial charge in [-0.2, -0.15) is 0 Å². The lowest BCUT2D eigenvalue weighted by Crippen LogP contribution is -2.29. The van der Waals surface area contributed by atoms with Crippen LogP contribution in [0, 0.1) is 6.92 Å². The smallest absolute Gasteiger partial charge is 0.311 e. The van der Waals surface area contributed by atoms with Crippen molar-refractivity contribution in [3.8, 4) is 0 Å². The highest BCUT2D eigenvalue weighted by atomic mass is 16.7. The average Bonchev–Trinajstić information content (AvgIpc) is 2.26. The molecular formula is C10H15N3O4. The van der Waals surface area contributed by atoms with E-state index in [4.69, 9.17) is 4.84 Å². The van der Waals surface area contributed by atoms with E-state index >= 15 is 0 Å². The first-order chi connectivity index (χ1) is 7.95. The van der Waals surface area contributed by atoms with Gasteiger partial charge in [-0.25, -0.2) is 9.86 Å². The van der Waals surface area contributed by atoms with Crippen LogP contribution < -0.4 is 11.2 Å². The van der Waals surface area contributed by atoms with Gasteiger partial charge in [0.1, 0.15) is 0 Å². The lowest BCUT2D eigenvalue weighted by molar-refractivity contribution is -0.168. The molecule has 7 nitrogen and oxygen atoms in total. The van der Waals surface area contributed by atoms with E-state index in [2.05, 4.69) is 9.97 Å². The number of rotatable bonds is 4. The molecule has 0 aliphatic carbocycles. The number of aromatic nitrogens is 2. The molecule has 0 atom stereocenters. The molecule has 0 aromatic carbocycles. The maximum Gasteiger partial charge on any atom is 0.325 e. The van der Waals surface area contributed by atoms with E-state index in [1.807, 2.05) is 0 Å². The van der Waals surface area contributed by atoms with Crippen LogP contribution in [0.1, 0.15) is 17.7 Å². The van der Waals surface area contributed by atoms with Crippen LogP contribution in [-0.4, -0.2) is 35.1 Å². The number of nitrogens with one attached hydrogen (secondary N) is 2. The molecule has 2 N–H and O–H groups in total. The Labute approximate surface area is 97.4 Å². The molecule has 0 unspecified atom stereocenters. The van der Waals surface area contributed by atoms with Crippen LogP contribution in [0.5, 0.6) is 0 Å². The zero-order chi connectivity index (χ0) is 13.0. The monoisotopic (exact) mass is 241 g/mol. The molecule has 1 heterocycles. The summed E-state index contributed by atoms with van der Waals surface area (Å²) in [5.41, 5.74) is -0.121. The second-order valence-corrected chi connectivity index (χ2v) is 3.59. The molecule has 0 radical (unpaired) electrons. The zero-order valence-electron chi connectivity index (χ0n) is 9.99. The lowest BCUT2D eigenvalue weighted by Gasteiger charge is -2.13. The predicted octanol–water partition coefficient (Wildman–Crippen LogP) is -0.676. The molecule has 1 aromatic heterocycles. The van der Waals surface area contributed by atoms with Crippen molar-refractivity contribution in [1.82, 2.24) is 15.0 Å². The summed E-state index contributed by atoms with van der Waals surface area (Å²) in [6.07, 6.45) is 0.394. The van der Waals surface area contributed by atoms with Crippen molar-refractivity contribution in [3.63, 3.8) is 0 Å². The van der Waals surface area contributed by atoms with Crippen LogP contribution in [0.3, 0.4) is 0 Å². The molecule has 7 heteroatoms. The summed E-state index contributed by atoms with van der Waals surface area (Å²) in [6.45, 7) is 1.62. The van der Waals surface area contributed by atoms with Crippen molar-refractivity contribution >= 4 is 5.91 Å². The Kier molecular flexibility index (Phi) is 4.22. The van der Waals surface area contributed by atoms with Gasteiger partial charge in [0.05, 0.1) is 7.11 Å². The molecule has 0 saturated heterocycles. The summed E-state index contributed by atoms with van der Waals surface area (Å²) < 4.78 is 0. The highest BCUT2D eigenvalue weighted by Gasteiger charge is 2.11. The first-order valence-corrected chi connectivity index (χ1v) is 5.08. The minimum atomic E-state index is -0.545. The third-order valence-corrected chi connectivity index (χ3v) is 2.47. The standard InChI is InChI=1S/C10H15N3O4/c1-6-7(9(15)12-10(16)11-6)4-5-8(14)13(2)17-3/h4-5H2,1-3H3,(H2,11,12,15,16). The summed E-state index contributed by atoms with van der Waals surface area (Å²) in [6, 6.07) is 0. The van der Waals surface area contributed by atoms with Gasteiger partial charge in [0.15, 0.2) is 0 Å². The Balaban J connectivity index is 2.80. The molecule has 0 aliphatic heterocycles. The molecule has 17 heavy (non-hydrogen) atoms. The summed E-state index contributed by atoms with van der Waals surface area (Å²) in [5.74, 6) is -0.238. The second kappa shape index (κ2) is 5.44. The van der Waals surface area contributed by atoms with E-state index in [0.717, 1.165) is 5.06 Å². The molecule has 1 amide bonds. The number of carbonyl (C=O) groups is 1. The van der Waals surface area contributed by atoms with E-state index in [9.17, 15) is 14.4 Å².